The highest BCUT2D eigenvalue weighted by Crippen LogP contribution is 2.41. The Kier molecular flexibility index (Phi) is 4.73. The van der Waals surface area contributed by atoms with Gasteiger partial charge in [-0.25, -0.2) is 0 Å². The molecule has 9 rings (SSSR count). The standard InChI is InChI=1S/C38H26N2O/c1-2-9-26(10-3-1)40-35-15-6-4-11-28(35)30-20-22-34-32(37(30)40)19-17-25-23-24(18-21-33(25)39-34)27-13-8-14-31-29-12-5-7-16-36(29)41-38(27)31/h1-7,9-12,14-23,39H,8,13H2. The lowest BCUT2D eigenvalue weighted by Crippen LogP contribution is -2.26. The van der Waals surface area contributed by atoms with Gasteiger partial charge in [0.2, 0.25) is 0 Å². The number of para-hydroxylation sites is 3. The molecule has 0 atom stereocenters. The Morgan fingerprint density at radius 3 is 2.41 bits per heavy atom. The summed E-state index contributed by atoms with van der Waals surface area (Å²) < 4.78 is 8.80. The van der Waals surface area contributed by atoms with Crippen molar-refractivity contribution in [2.75, 3.05) is 5.32 Å². The quantitative estimate of drug-likeness (QED) is 0.245. The molecule has 3 nitrogen and oxygen atoms in total. The third kappa shape index (κ3) is 3.33. The molecule has 1 N–H and O–H groups in total. The van der Waals surface area contributed by atoms with Crippen molar-refractivity contribution in [3.8, 4) is 5.69 Å². The minimum absolute atomic E-state index is 0.956. The van der Waals surface area contributed by atoms with E-state index in [2.05, 4.69) is 131 Å². The second-order valence-corrected chi connectivity index (χ2v) is 10.9. The van der Waals surface area contributed by atoms with Gasteiger partial charge in [-0.1, -0.05) is 85.0 Å². The zero-order valence-corrected chi connectivity index (χ0v) is 22.4. The van der Waals surface area contributed by atoms with Crippen LogP contribution in [0.4, 0.5) is 11.4 Å². The Balaban J connectivity index is 1.25. The normalized spacial score (nSPS) is 13.9. The number of hydrogen-bond donors (Lipinski definition) is 1. The van der Waals surface area contributed by atoms with Crippen LogP contribution in [0.5, 0.6) is 0 Å². The molecule has 0 saturated heterocycles. The van der Waals surface area contributed by atoms with E-state index in [1.165, 1.54) is 54.7 Å². The fraction of sp³-hybridized carbons (Fsp3) is 0.0526. The lowest BCUT2D eigenvalue weighted by Gasteiger charge is -2.15. The Morgan fingerprint density at radius 1 is 0.683 bits per heavy atom. The Labute approximate surface area is 237 Å². The van der Waals surface area contributed by atoms with Crippen LogP contribution in [0.1, 0.15) is 29.5 Å². The molecule has 7 aromatic rings. The topological polar surface area (TPSA) is 30.1 Å². The summed E-state index contributed by atoms with van der Waals surface area (Å²) in [5, 5.41) is 8.72. The molecule has 5 aromatic carbocycles. The number of aromatic nitrogens is 1. The molecular weight excluding hydrogens is 500 g/mol. The average molecular weight is 527 g/mol. The number of hydrogen-bond acceptors (Lipinski definition) is 2. The van der Waals surface area contributed by atoms with Gasteiger partial charge in [-0.2, -0.15) is 0 Å². The first-order valence-corrected chi connectivity index (χ1v) is 14.3. The number of nitrogens with zero attached hydrogens (tertiary/aromatic N) is 1. The van der Waals surface area contributed by atoms with Gasteiger partial charge in [-0.3, -0.25) is 0 Å². The monoisotopic (exact) mass is 526 g/mol. The van der Waals surface area contributed by atoms with Crippen LogP contribution in [0, 0.1) is 0 Å². The van der Waals surface area contributed by atoms with Crippen LogP contribution in [0.25, 0.3) is 62.3 Å². The van der Waals surface area contributed by atoms with Gasteiger partial charge in [0.1, 0.15) is 11.0 Å². The lowest BCUT2D eigenvalue weighted by atomic mass is 9.94. The van der Waals surface area contributed by atoms with Crippen LogP contribution in [0.2, 0.25) is 0 Å². The van der Waals surface area contributed by atoms with Crippen LogP contribution in [0.3, 0.4) is 0 Å². The molecule has 0 spiro atoms. The van der Waals surface area contributed by atoms with Crippen LogP contribution in [-0.4, -0.2) is 4.57 Å². The van der Waals surface area contributed by atoms with Gasteiger partial charge in [-0.05, 0) is 66.4 Å². The van der Waals surface area contributed by atoms with Crippen molar-refractivity contribution >= 4 is 68.0 Å². The molecular formula is C38H26N2O. The third-order valence-electron chi connectivity index (χ3n) is 8.64. The summed E-state index contributed by atoms with van der Waals surface area (Å²) in [6.07, 6.45) is 8.86. The molecule has 0 bridgehead atoms. The summed E-state index contributed by atoms with van der Waals surface area (Å²) in [4.78, 5) is 0. The van der Waals surface area contributed by atoms with Crippen LogP contribution >= 0.6 is 0 Å². The zero-order chi connectivity index (χ0) is 26.9. The number of furan rings is 1. The number of anilines is 2. The smallest absolute Gasteiger partial charge is 0.138 e. The van der Waals surface area contributed by atoms with Gasteiger partial charge in [0, 0.05) is 49.6 Å². The number of nitrogens with one attached hydrogen (secondary N) is 1. The molecule has 1 aliphatic heterocycles. The maximum absolute atomic E-state index is 6.40. The summed E-state index contributed by atoms with van der Waals surface area (Å²) in [5.74, 6) is 0. The van der Waals surface area contributed by atoms with E-state index in [-0.39, 0.29) is 0 Å². The molecule has 2 aliphatic rings. The van der Waals surface area contributed by atoms with E-state index in [0.29, 0.717) is 0 Å². The molecule has 0 radical (unpaired) electrons. The highest BCUT2D eigenvalue weighted by molar-refractivity contribution is 6.14. The van der Waals surface area contributed by atoms with Crippen LogP contribution in [-0.2, 0) is 0 Å². The van der Waals surface area contributed by atoms with Gasteiger partial charge in [-0.15, -0.1) is 0 Å². The lowest BCUT2D eigenvalue weighted by molar-refractivity contribution is 0.568. The van der Waals surface area contributed by atoms with Crippen molar-refractivity contribution in [1.82, 2.24) is 4.57 Å². The van der Waals surface area contributed by atoms with Crippen molar-refractivity contribution < 1.29 is 4.42 Å². The van der Waals surface area contributed by atoms with Crippen molar-refractivity contribution in [3.63, 3.8) is 0 Å². The molecule has 3 heteroatoms. The van der Waals surface area contributed by atoms with Crippen molar-refractivity contribution in [2.24, 2.45) is 0 Å². The van der Waals surface area contributed by atoms with Gasteiger partial charge >= 0.3 is 0 Å². The minimum Gasteiger partial charge on any atom is -0.456 e. The highest BCUT2D eigenvalue weighted by atomic mass is 16.3. The second-order valence-electron chi connectivity index (χ2n) is 10.9. The van der Waals surface area contributed by atoms with E-state index in [0.717, 1.165) is 40.9 Å². The predicted octanol–water partition coefficient (Wildman–Crippen LogP) is 8.53. The van der Waals surface area contributed by atoms with Gasteiger partial charge in [0.25, 0.3) is 0 Å². The van der Waals surface area contributed by atoms with Gasteiger partial charge in [0.15, 0.2) is 0 Å². The van der Waals surface area contributed by atoms with Gasteiger partial charge < -0.3 is 14.3 Å². The average Bonchev–Trinajstić information content (AvgIpc) is 3.51. The molecule has 194 valence electrons. The first-order valence-electron chi connectivity index (χ1n) is 14.3. The SMILES string of the molecule is C1=Cc2c(ccc3c4ccccc4n(-c4ccccc4)c23)Nc2ccc(C3=c4oc5ccccc5c4=CCC3)cc21. The third-order valence-corrected chi connectivity index (χ3v) is 8.64. The summed E-state index contributed by atoms with van der Waals surface area (Å²) in [6, 6.07) is 39.0. The molecule has 0 unspecified atom stereocenters. The minimum atomic E-state index is 0.956. The van der Waals surface area contributed by atoms with Crippen LogP contribution in [0.15, 0.2) is 114 Å². The van der Waals surface area contributed by atoms with Crippen molar-refractivity contribution in [3.05, 3.63) is 137 Å². The Bertz CT molecular complexity index is 2330. The van der Waals surface area contributed by atoms with Crippen LogP contribution < -0.4 is 16.0 Å². The summed E-state index contributed by atoms with van der Waals surface area (Å²) in [5.41, 5.74) is 12.7. The molecule has 0 fully saturated rings. The molecule has 0 saturated carbocycles. The molecule has 3 heterocycles. The zero-order valence-electron chi connectivity index (χ0n) is 22.4. The van der Waals surface area contributed by atoms with Crippen molar-refractivity contribution in [1.29, 1.82) is 0 Å². The molecule has 2 aromatic heterocycles. The van der Waals surface area contributed by atoms with E-state index >= 15 is 0 Å². The predicted molar refractivity (Wildman–Crippen MR) is 171 cm³/mol. The fourth-order valence-electron chi connectivity index (χ4n) is 6.77. The van der Waals surface area contributed by atoms with E-state index in [4.69, 9.17) is 4.42 Å². The maximum atomic E-state index is 6.40. The van der Waals surface area contributed by atoms with E-state index < -0.39 is 0 Å². The Hall–Kier alpha value is -5.28. The van der Waals surface area contributed by atoms with E-state index in [1.807, 2.05) is 6.07 Å². The number of fused-ring (bicyclic) bond motifs is 9. The maximum Gasteiger partial charge on any atom is 0.138 e. The summed E-state index contributed by atoms with van der Waals surface area (Å²) >= 11 is 0. The number of rotatable bonds is 2. The number of benzene rings is 5. The van der Waals surface area contributed by atoms with E-state index in [1.54, 1.807) is 0 Å². The van der Waals surface area contributed by atoms with E-state index in [9.17, 15) is 0 Å². The highest BCUT2D eigenvalue weighted by Gasteiger charge is 2.20. The Morgan fingerprint density at radius 2 is 1.49 bits per heavy atom. The molecule has 0 amide bonds. The summed E-state index contributed by atoms with van der Waals surface area (Å²) in [7, 11) is 0. The van der Waals surface area contributed by atoms with Crippen molar-refractivity contribution in [2.45, 2.75) is 12.8 Å². The largest absolute Gasteiger partial charge is 0.456 e. The first kappa shape index (κ1) is 22.5. The second kappa shape index (κ2) is 8.61. The first-order chi connectivity index (χ1) is 20.3. The summed E-state index contributed by atoms with van der Waals surface area (Å²) in [6.45, 7) is 0. The van der Waals surface area contributed by atoms with Gasteiger partial charge in [0.05, 0.1) is 11.0 Å². The molecule has 41 heavy (non-hydrogen) atoms. The fourth-order valence-corrected chi connectivity index (χ4v) is 6.77. The molecule has 1 aliphatic carbocycles.